The van der Waals surface area contributed by atoms with Gasteiger partial charge in [-0.2, -0.15) is 10.4 Å². The second-order valence-corrected chi connectivity index (χ2v) is 7.15. The van der Waals surface area contributed by atoms with Crippen molar-refractivity contribution in [3.05, 3.63) is 71.2 Å². The molecular weight excluding hydrogens is 364 g/mol. The van der Waals surface area contributed by atoms with Crippen LogP contribution in [0.2, 0.25) is 0 Å². The highest BCUT2D eigenvalue weighted by Crippen LogP contribution is 2.19. The lowest BCUT2D eigenvalue weighted by Gasteiger charge is -2.35. The Hall–Kier alpha value is -3.66. The number of aromatic nitrogens is 3. The zero-order valence-electron chi connectivity index (χ0n) is 16.5. The fourth-order valence-electron chi connectivity index (χ4n) is 3.68. The van der Waals surface area contributed by atoms with E-state index in [1.54, 1.807) is 18.3 Å². The number of nitriles is 1. The molecule has 0 bridgehead atoms. The van der Waals surface area contributed by atoms with Crippen molar-refractivity contribution >= 4 is 11.7 Å². The molecule has 3 aromatic rings. The normalized spacial score (nSPS) is 14.0. The van der Waals surface area contributed by atoms with E-state index in [1.807, 2.05) is 53.8 Å². The number of piperazine rings is 1. The average Bonchev–Trinajstić information content (AvgIpc) is 3.11. The predicted molar refractivity (Wildman–Crippen MR) is 110 cm³/mol. The van der Waals surface area contributed by atoms with Crippen LogP contribution in [0.25, 0.3) is 5.69 Å². The summed E-state index contributed by atoms with van der Waals surface area (Å²) in [6, 6.07) is 15.3. The molecule has 1 aliphatic heterocycles. The molecule has 146 valence electrons. The summed E-state index contributed by atoms with van der Waals surface area (Å²) in [4.78, 5) is 21.2. The molecule has 0 aliphatic carbocycles. The first-order valence-electron chi connectivity index (χ1n) is 9.60. The van der Waals surface area contributed by atoms with Crippen molar-refractivity contribution in [3.8, 4) is 11.8 Å². The highest BCUT2D eigenvalue weighted by Gasteiger charge is 2.24. The van der Waals surface area contributed by atoms with Crippen LogP contribution in [0.3, 0.4) is 0 Å². The molecule has 7 nitrogen and oxygen atoms in total. The summed E-state index contributed by atoms with van der Waals surface area (Å²) in [5, 5.41) is 13.8. The van der Waals surface area contributed by atoms with Gasteiger partial charge in [-0.3, -0.25) is 4.79 Å². The minimum absolute atomic E-state index is 0.0195. The van der Waals surface area contributed by atoms with Crippen molar-refractivity contribution in [2.45, 2.75) is 13.8 Å². The van der Waals surface area contributed by atoms with E-state index < -0.39 is 0 Å². The van der Waals surface area contributed by atoms with Gasteiger partial charge in [-0.1, -0.05) is 0 Å². The smallest absolute Gasteiger partial charge is 0.253 e. The highest BCUT2D eigenvalue weighted by molar-refractivity contribution is 5.94. The number of aryl methyl sites for hydroxylation is 2. The molecule has 1 aromatic carbocycles. The van der Waals surface area contributed by atoms with E-state index in [1.165, 1.54) is 0 Å². The first-order chi connectivity index (χ1) is 14.1. The molecule has 0 unspecified atom stereocenters. The summed E-state index contributed by atoms with van der Waals surface area (Å²) in [6.07, 6.45) is 1.69. The third-order valence-corrected chi connectivity index (χ3v) is 5.14. The molecule has 0 N–H and O–H groups in total. The lowest BCUT2D eigenvalue weighted by atomic mass is 10.1. The Morgan fingerprint density at radius 1 is 1.07 bits per heavy atom. The second-order valence-electron chi connectivity index (χ2n) is 7.15. The van der Waals surface area contributed by atoms with Gasteiger partial charge >= 0.3 is 0 Å². The van der Waals surface area contributed by atoms with Crippen molar-refractivity contribution < 1.29 is 4.79 Å². The molecule has 0 radical (unpaired) electrons. The number of carbonyl (C=O) groups is 1. The van der Waals surface area contributed by atoms with Crippen LogP contribution in [-0.2, 0) is 0 Å². The van der Waals surface area contributed by atoms with Crippen LogP contribution in [0.15, 0.2) is 48.7 Å². The molecule has 1 aliphatic rings. The summed E-state index contributed by atoms with van der Waals surface area (Å²) >= 11 is 0. The van der Waals surface area contributed by atoms with E-state index in [9.17, 15) is 10.1 Å². The third kappa shape index (κ3) is 3.69. The Bertz CT molecular complexity index is 1070. The average molecular weight is 386 g/mol. The summed E-state index contributed by atoms with van der Waals surface area (Å²) in [5.74, 6) is 0.711. The topological polar surface area (TPSA) is 78.0 Å². The maximum Gasteiger partial charge on any atom is 0.253 e. The Labute approximate surface area is 169 Å². The zero-order chi connectivity index (χ0) is 20.4. The summed E-state index contributed by atoms with van der Waals surface area (Å²) in [7, 11) is 0. The lowest BCUT2D eigenvalue weighted by Crippen LogP contribution is -2.49. The van der Waals surface area contributed by atoms with Crippen molar-refractivity contribution in [1.82, 2.24) is 19.7 Å². The molecule has 2 aromatic heterocycles. The quantitative estimate of drug-likeness (QED) is 0.692. The van der Waals surface area contributed by atoms with Crippen LogP contribution in [-0.4, -0.2) is 51.8 Å². The number of pyridine rings is 1. The molecule has 0 atom stereocenters. The third-order valence-electron chi connectivity index (χ3n) is 5.14. The molecule has 7 heteroatoms. The van der Waals surface area contributed by atoms with E-state index in [-0.39, 0.29) is 5.91 Å². The molecular formula is C22H22N6O. The van der Waals surface area contributed by atoms with Crippen molar-refractivity contribution in [3.63, 3.8) is 0 Å². The molecule has 29 heavy (non-hydrogen) atoms. The SMILES string of the molecule is Cc1cc(C)n(-c2ccc(C(=O)N3CCN(c4ncccc4C#N)CC3)cc2)n1. The monoisotopic (exact) mass is 386 g/mol. The summed E-state index contributed by atoms with van der Waals surface area (Å²) in [6.45, 7) is 6.48. The number of hydrogen-bond donors (Lipinski definition) is 0. The number of benzene rings is 1. The van der Waals surface area contributed by atoms with Gasteiger partial charge in [0.05, 0.1) is 16.9 Å². The van der Waals surface area contributed by atoms with Gasteiger partial charge in [0.1, 0.15) is 11.9 Å². The Morgan fingerprint density at radius 3 is 2.41 bits per heavy atom. The first kappa shape index (κ1) is 18.7. The van der Waals surface area contributed by atoms with Crippen molar-refractivity contribution in [2.24, 2.45) is 0 Å². The Morgan fingerprint density at radius 2 is 1.79 bits per heavy atom. The molecule has 1 fully saturated rings. The first-order valence-corrected chi connectivity index (χ1v) is 9.60. The van der Waals surface area contributed by atoms with E-state index in [4.69, 9.17) is 0 Å². The summed E-state index contributed by atoms with van der Waals surface area (Å²) in [5.41, 5.74) is 4.19. The van der Waals surface area contributed by atoms with Gasteiger partial charge in [-0.05, 0) is 56.3 Å². The van der Waals surface area contributed by atoms with E-state index in [2.05, 4.69) is 21.1 Å². The van der Waals surface area contributed by atoms with Gasteiger partial charge in [-0.15, -0.1) is 0 Å². The zero-order valence-corrected chi connectivity index (χ0v) is 16.5. The number of nitrogens with zero attached hydrogens (tertiary/aromatic N) is 6. The highest BCUT2D eigenvalue weighted by atomic mass is 16.2. The maximum absolute atomic E-state index is 12.9. The largest absolute Gasteiger partial charge is 0.352 e. The van der Waals surface area contributed by atoms with Crippen LogP contribution in [0.1, 0.15) is 27.3 Å². The van der Waals surface area contributed by atoms with Gasteiger partial charge < -0.3 is 9.80 Å². The van der Waals surface area contributed by atoms with Crippen LogP contribution in [0, 0.1) is 25.2 Å². The number of rotatable bonds is 3. The fourth-order valence-corrected chi connectivity index (χ4v) is 3.68. The minimum atomic E-state index is 0.0195. The van der Waals surface area contributed by atoms with Gasteiger partial charge in [0.25, 0.3) is 5.91 Å². The van der Waals surface area contributed by atoms with Gasteiger partial charge in [-0.25, -0.2) is 9.67 Å². The molecule has 1 amide bonds. The fraction of sp³-hybridized carbons (Fsp3) is 0.273. The van der Waals surface area contributed by atoms with Crippen LogP contribution in [0.4, 0.5) is 5.82 Å². The van der Waals surface area contributed by atoms with Gasteiger partial charge in [0.15, 0.2) is 0 Å². The lowest BCUT2D eigenvalue weighted by molar-refractivity contribution is 0.0746. The van der Waals surface area contributed by atoms with Gasteiger partial charge in [0, 0.05) is 43.6 Å². The predicted octanol–water partition coefficient (Wildman–Crippen LogP) is 2.72. The standard InChI is InChI=1S/C22H22N6O/c1-16-14-17(2)28(25-16)20-7-5-18(6-8-20)22(29)27-12-10-26(11-13-27)21-19(15-23)4-3-9-24-21/h3-9,14H,10-13H2,1-2H3. The van der Waals surface area contributed by atoms with Crippen molar-refractivity contribution in [2.75, 3.05) is 31.1 Å². The van der Waals surface area contributed by atoms with Crippen LogP contribution in [0.5, 0.6) is 0 Å². The molecule has 1 saturated heterocycles. The maximum atomic E-state index is 12.9. The molecule has 4 rings (SSSR count). The second kappa shape index (κ2) is 7.76. The van der Waals surface area contributed by atoms with Crippen LogP contribution < -0.4 is 4.90 Å². The van der Waals surface area contributed by atoms with Crippen molar-refractivity contribution in [1.29, 1.82) is 5.26 Å². The van der Waals surface area contributed by atoms with Gasteiger partial charge in [0.2, 0.25) is 0 Å². The minimum Gasteiger partial charge on any atom is -0.352 e. The summed E-state index contributed by atoms with van der Waals surface area (Å²) < 4.78 is 1.88. The molecule has 0 spiro atoms. The van der Waals surface area contributed by atoms with E-state index in [0.29, 0.717) is 43.1 Å². The Balaban J connectivity index is 1.43. The Kier molecular flexibility index (Phi) is 5.00. The van der Waals surface area contributed by atoms with E-state index >= 15 is 0 Å². The molecule has 3 heterocycles. The number of amides is 1. The van der Waals surface area contributed by atoms with Crippen LogP contribution >= 0.6 is 0 Å². The number of anilines is 1. The van der Waals surface area contributed by atoms with E-state index in [0.717, 1.165) is 17.1 Å². The number of hydrogen-bond acceptors (Lipinski definition) is 5. The number of carbonyl (C=O) groups excluding carboxylic acids is 1. The molecule has 0 saturated carbocycles.